The molecule has 2 aromatic heterocycles. The molecule has 0 bridgehead atoms. The molecule has 0 spiro atoms. The Labute approximate surface area is 186 Å². The Morgan fingerprint density at radius 3 is 2.78 bits per heavy atom. The van der Waals surface area contributed by atoms with Crippen molar-refractivity contribution in [2.45, 2.75) is 44.8 Å². The van der Waals surface area contributed by atoms with Crippen molar-refractivity contribution in [3.8, 4) is 17.4 Å². The smallest absolute Gasteiger partial charge is 0.310 e. The fourth-order valence-corrected chi connectivity index (χ4v) is 5.06. The van der Waals surface area contributed by atoms with Gasteiger partial charge in [-0.25, -0.2) is 9.97 Å². The van der Waals surface area contributed by atoms with Crippen molar-refractivity contribution in [3.63, 3.8) is 0 Å². The van der Waals surface area contributed by atoms with Crippen LogP contribution in [0.4, 0.5) is 0 Å². The maximum Gasteiger partial charge on any atom is 0.310 e. The first-order valence-electron chi connectivity index (χ1n) is 10.7. The molecule has 2 aliphatic rings. The van der Waals surface area contributed by atoms with E-state index in [0.717, 1.165) is 6.04 Å². The van der Waals surface area contributed by atoms with E-state index in [1.807, 2.05) is 4.57 Å². The van der Waals surface area contributed by atoms with E-state index >= 15 is 0 Å². The maximum atomic E-state index is 11.5. The number of phenols is 1. The molecule has 3 atom stereocenters. The van der Waals surface area contributed by atoms with E-state index in [9.17, 15) is 15.0 Å². The first kappa shape index (κ1) is 20.9. The summed E-state index contributed by atoms with van der Waals surface area (Å²) in [5.74, 6) is -0.0203. The number of fused-ring (bicyclic) bond motifs is 2. The number of hydrogen-bond acceptors (Lipinski definition) is 7. The second-order valence-electron chi connectivity index (χ2n) is 9.87. The molecular formula is C22H26N4O5Si. The topological polar surface area (TPSA) is 120 Å². The van der Waals surface area contributed by atoms with E-state index in [4.69, 9.17) is 9.47 Å². The van der Waals surface area contributed by atoms with Gasteiger partial charge in [-0.1, -0.05) is 19.6 Å². The molecule has 10 heteroatoms. The minimum absolute atomic E-state index is 0.0859. The second-order valence-corrected chi connectivity index (χ2v) is 15.5. The summed E-state index contributed by atoms with van der Waals surface area (Å²) in [4.78, 5) is 24.5. The summed E-state index contributed by atoms with van der Waals surface area (Å²) in [6.07, 6.45) is 3.73. The van der Waals surface area contributed by atoms with E-state index in [-0.39, 0.29) is 17.6 Å². The molecule has 2 fully saturated rings. The third-order valence-electron chi connectivity index (χ3n) is 6.45. The average molecular weight is 455 g/mol. The standard InChI is InChI=1S/C22H26N4O5Si/c1-32(2,3)7-6-30-12-26-11-25-18-19(26)23-10-24-20(18)31-13-4-5-16(27)14(8-13)17-15-9-22(15,17)21(28)29/h4-5,8,10-11,15,17,27H,6-7,9,12H2,1-3H3,(H,28,29). The van der Waals surface area contributed by atoms with Gasteiger partial charge in [-0.3, -0.25) is 9.36 Å². The van der Waals surface area contributed by atoms with Crippen LogP contribution in [-0.4, -0.2) is 50.4 Å². The molecule has 9 nitrogen and oxygen atoms in total. The van der Waals surface area contributed by atoms with E-state index < -0.39 is 19.5 Å². The Balaban J connectivity index is 1.33. The summed E-state index contributed by atoms with van der Waals surface area (Å²) >= 11 is 0. The summed E-state index contributed by atoms with van der Waals surface area (Å²) in [5, 5.41) is 19.7. The van der Waals surface area contributed by atoms with Crippen molar-refractivity contribution in [1.29, 1.82) is 0 Å². The highest BCUT2D eigenvalue weighted by Gasteiger charge is 2.84. The predicted octanol–water partition coefficient (Wildman–Crippen LogP) is 3.82. The van der Waals surface area contributed by atoms with Crippen molar-refractivity contribution in [2.75, 3.05) is 6.61 Å². The monoisotopic (exact) mass is 454 g/mol. The molecule has 0 aliphatic heterocycles. The number of benzene rings is 1. The zero-order chi connectivity index (χ0) is 22.7. The van der Waals surface area contributed by atoms with Gasteiger partial charge in [-0.15, -0.1) is 0 Å². The van der Waals surface area contributed by atoms with E-state index in [2.05, 4.69) is 34.6 Å². The van der Waals surface area contributed by atoms with Gasteiger partial charge < -0.3 is 19.7 Å². The van der Waals surface area contributed by atoms with Gasteiger partial charge >= 0.3 is 5.97 Å². The lowest BCUT2D eigenvalue weighted by atomic mass is 9.96. The summed E-state index contributed by atoms with van der Waals surface area (Å²) in [5.41, 5.74) is 1.02. The number of imidazole rings is 1. The van der Waals surface area contributed by atoms with Crippen molar-refractivity contribution in [3.05, 3.63) is 36.4 Å². The predicted molar refractivity (Wildman–Crippen MR) is 119 cm³/mol. The van der Waals surface area contributed by atoms with Gasteiger partial charge in [0.15, 0.2) is 11.2 Å². The van der Waals surface area contributed by atoms with Crippen LogP contribution < -0.4 is 4.74 Å². The number of aliphatic carboxylic acids is 1. The van der Waals surface area contributed by atoms with Gasteiger partial charge in [0.1, 0.15) is 24.6 Å². The number of carboxylic acid groups (broad SMARTS) is 1. The number of carboxylic acids is 1. The number of phenolic OH excluding ortho intramolecular Hbond substituents is 1. The Morgan fingerprint density at radius 2 is 2.09 bits per heavy atom. The molecule has 2 saturated carbocycles. The first-order chi connectivity index (χ1) is 15.2. The molecular weight excluding hydrogens is 428 g/mol. The van der Waals surface area contributed by atoms with Crippen LogP contribution in [-0.2, 0) is 16.3 Å². The number of aromatic nitrogens is 4. The summed E-state index contributed by atoms with van der Waals surface area (Å²) < 4.78 is 13.6. The third-order valence-corrected chi connectivity index (χ3v) is 8.15. The van der Waals surface area contributed by atoms with Crippen molar-refractivity contribution in [1.82, 2.24) is 19.5 Å². The number of nitrogens with zero attached hydrogens (tertiary/aromatic N) is 4. The number of carbonyl (C=O) groups is 1. The molecule has 3 unspecified atom stereocenters. The van der Waals surface area contributed by atoms with Gasteiger partial charge in [0.25, 0.3) is 5.88 Å². The lowest BCUT2D eigenvalue weighted by Gasteiger charge is -2.15. The molecule has 2 heterocycles. The molecule has 0 amide bonds. The van der Waals surface area contributed by atoms with Crippen LogP contribution in [0.3, 0.4) is 0 Å². The van der Waals surface area contributed by atoms with Crippen LogP contribution in [0, 0.1) is 11.3 Å². The molecule has 0 saturated heterocycles. The quantitative estimate of drug-likeness (QED) is 0.370. The molecule has 2 N–H and O–H groups in total. The highest BCUT2D eigenvalue weighted by Crippen LogP contribution is 2.85. The summed E-state index contributed by atoms with van der Waals surface area (Å²) in [7, 11) is -1.16. The highest BCUT2D eigenvalue weighted by molar-refractivity contribution is 6.76. The molecule has 1 aromatic carbocycles. The first-order valence-corrected chi connectivity index (χ1v) is 14.4. The molecule has 5 rings (SSSR count). The zero-order valence-corrected chi connectivity index (χ0v) is 19.3. The van der Waals surface area contributed by atoms with Gasteiger partial charge in [0, 0.05) is 26.2 Å². The Bertz CT molecular complexity index is 1210. The third kappa shape index (κ3) is 3.53. The number of ether oxygens (including phenoxy) is 2. The maximum absolute atomic E-state index is 11.5. The van der Waals surface area contributed by atoms with Crippen LogP contribution in [0.2, 0.25) is 25.7 Å². The Hall–Kier alpha value is -2.98. The second kappa shape index (κ2) is 7.28. The summed E-state index contributed by atoms with van der Waals surface area (Å²) in [6, 6.07) is 5.94. The lowest BCUT2D eigenvalue weighted by Crippen LogP contribution is -2.22. The fraction of sp³-hybridized carbons (Fsp3) is 0.455. The van der Waals surface area contributed by atoms with Gasteiger partial charge in [0.2, 0.25) is 0 Å². The van der Waals surface area contributed by atoms with Crippen molar-refractivity contribution < 1.29 is 24.5 Å². The largest absolute Gasteiger partial charge is 0.508 e. The van der Waals surface area contributed by atoms with Crippen LogP contribution in [0.1, 0.15) is 17.9 Å². The van der Waals surface area contributed by atoms with Gasteiger partial charge in [0.05, 0.1) is 11.7 Å². The molecule has 32 heavy (non-hydrogen) atoms. The van der Waals surface area contributed by atoms with E-state index in [0.29, 0.717) is 48.1 Å². The highest BCUT2D eigenvalue weighted by atomic mass is 28.3. The van der Waals surface area contributed by atoms with Crippen LogP contribution >= 0.6 is 0 Å². The van der Waals surface area contributed by atoms with Gasteiger partial charge in [-0.2, -0.15) is 4.98 Å². The minimum atomic E-state index is -1.16. The molecule has 0 radical (unpaired) electrons. The van der Waals surface area contributed by atoms with Crippen LogP contribution in [0.15, 0.2) is 30.9 Å². The molecule has 3 aromatic rings. The minimum Gasteiger partial charge on any atom is -0.508 e. The Kier molecular flexibility index (Phi) is 4.75. The SMILES string of the molecule is C[Si](C)(C)CCOCn1cnc2c(Oc3ccc(O)c(C4C5CC54C(=O)O)c3)ncnc21. The molecule has 2 aliphatic carbocycles. The van der Waals surface area contributed by atoms with E-state index in [1.165, 1.54) is 12.4 Å². The zero-order valence-electron chi connectivity index (χ0n) is 18.3. The lowest BCUT2D eigenvalue weighted by molar-refractivity contribution is -0.141. The Morgan fingerprint density at radius 1 is 1.28 bits per heavy atom. The number of hydrogen-bond donors (Lipinski definition) is 2. The molecule has 168 valence electrons. The average Bonchev–Trinajstić information content (AvgIpc) is 3.56. The van der Waals surface area contributed by atoms with Gasteiger partial charge in [-0.05, 0) is 36.6 Å². The van der Waals surface area contributed by atoms with Crippen molar-refractivity contribution >= 4 is 25.2 Å². The van der Waals surface area contributed by atoms with Crippen LogP contribution in [0.5, 0.6) is 17.4 Å². The number of rotatable bonds is 9. The summed E-state index contributed by atoms with van der Waals surface area (Å²) in [6.45, 7) is 7.97. The van der Waals surface area contributed by atoms with E-state index in [1.54, 1.807) is 18.5 Å². The normalized spacial score (nSPS) is 23.7. The van der Waals surface area contributed by atoms with Crippen molar-refractivity contribution in [2.24, 2.45) is 11.3 Å². The fourth-order valence-electron chi connectivity index (χ4n) is 4.31. The van der Waals surface area contributed by atoms with Crippen LogP contribution in [0.25, 0.3) is 11.2 Å². The number of aromatic hydroxyl groups is 1.